The maximum Gasteiger partial charge on any atom is 0.0986 e. The summed E-state index contributed by atoms with van der Waals surface area (Å²) in [7, 11) is 0. The minimum absolute atomic E-state index is 0.121. The van der Waals surface area contributed by atoms with Crippen LogP contribution in [0, 0.1) is 0 Å². The van der Waals surface area contributed by atoms with E-state index in [1.54, 1.807) is 11.3 Å². The summed E-state index contributed by atoms with van der Waals surface area (Å²) in [5.41, 5.74) is 3.70. The minimum Gasteiger partial charge on any atom is -0.371 e. The second-order valence-corrected chi connectivity index (χ2v) is 8.36. The second-order valence-electron chi connectivity index (χ2n) is 6.65. The molecule has 2 nitrogen and oxygen atoms in total. The van der Waals surface area contributed by atoms with Gasteiger partial charge in [0.2, 0.25) is 0 Å². The molecule has 2 heterocycles. The van der Waals surface area contributed by atoms with Crippen molar-refractivity contribution in [3.63, 3.8) is 0 Å². The fraction of sp³-hybridized carbons (Fsp3) is 0.471. The van der Waals surface area contributed by atoms with Crippen molar-refractivity contribution in [2.45, 2.75) is 39.0 Å². The molecule has 1 fully saturated rings. The van der Waals surface area contributed by atoms with Crippen molar-refractivity contribution in [1.82, 2.24) is 4.98 Å². The third-order valence-electron chi connectivity index (χ3n) is 3.84. The van der Waals surface area contributed by atoms with E-state index in [9.17, 15) is 0 Å². The van der Waals surface area contributed by atoms with Gasteiger partial charge in [0.25, 0.3) is 0 Å². The summed E-state index contributed by atoms with van der Waals surface area (Å²) in [5.74, 6) is 0. The number of halogens is 1. The predicted molar refractivity (Wildman–Crippen MR) is 95.4 cm³/mol. The zero-order valence-electron chi connectivity index (χ0n) is 12.8. The lowest BCUT2D eigenvalue weighted by Gasteiger charge is -2.19. The summed E-state index contributed by atoms with van der Waals surface area (Å²) in [6.07, 6.45) is 2.60. The van der Waals surface area contributed by atoms with E-state index < -0.39 is 0 Å². The Morgan fingerprint density at radius 3 is 2.48 bits per heavy atom. The maximum absolute atomic E-state index is 4.80. The number of nitrogens with zero attached hydrogens (tertiary/aromatic N) is 2. The predicted octanol–water partition coefficient (Wildman–Crippen LogP) is 5.47. The first-order valence-electron chi connectivity index (χ1n) is 7.46. The number of rotatable bonds is 2. The molecule has 3 rings (SSSR count). The Labute approximate surface area is 139 Å². The summed E-state index contributed by atoms with van der Waals surface area (Å²) < 4.78 is 1.17. The largest absolute Gasteiger partial charge is 0.371 e. The quantitative estimate of drug-likeness (QED) is 0.702. The number of thiazole rings is 1. The van der Waals surface area contributed by atoms with Crippen LogP contribution in [0.4, 0.5) is 5.69 Å². The number of anilines is 1. The molecule has 0 spiro atoms. The maximum atomic E-state index is 4.80. The molecule has 2 aromatic rings. The van der Waals surface area contributed by atoms with E-state index in [1.165, 1.54) is 46.7 Å². The number of hydrogen-bond acceptors (Lipinski definition) is 3. The van der Waals surface area contributed by atoms with Gasteiger partial charge in [-0.3, -0.25) is 0 Å². The van der Waals surface area contributed by atoms with E-state index >= 15 is 0 Å². The van der Waals surface area contributed by atoms with Crippen LogP contribution >= 0.6 is 27.3 Å². The highest BCUT2D eigenvalue weighted by Crippen LogP contribution is 2.35. The molecule has 21 heavy (non-hydrogen) atoms. The van der Waals surface area contributed by atoms with Gasteiger partial charge in [-0.2, -0.15) is 0 Å². The lowest BCUT2D eigenvalue weighted by molar-refractivity contribution is 0.586. The van der Waals surface area contributed by atoms with Gasteiger partial charge < -0.3 is 4.90 Å². The van der Waals surface area contributed by atoms with Gasteiger partial charge in [0, 0.05) is 33.9 Å². The fourth-order valence-corrected chi connectivity index (χ4v) is 4.18. The molecular formula is C17H21BrN2S. The van der Waals surface area contributed by atoms with Crippen LogP contribution in [0.2, 0.25) is 0 Å². The second kappa shape index (κ2) is 5.73. The Morgan fingerprint density at radius 2 is 1.90 bits per heavy atom. The lowest BCUT2D eigenvalue weighted by Crippen LogP contribution is -2.17. The van der Waals surface area contributed by atoms with Crippen molar-refractivity contribution in [3.05, 3.63) is 33.1 Å². The minimum atomic E-state index is 0.121. The first kappa shape index (κ1) is 15.0. The molecule has 0 N–H and O–H groups in total. The lowest BCUT2D eigenvalue weighted by atomic mass is 9.98. The normalized spacial score (nSPS) is 15.7. The van der Waals surface area contributed by atoms with Crippen LogP contribution in [0.25, 0.3) is 11.3 Å². The van der Waals surface area contributed by atoms with Crippen LogP contribution in [0.1, 0.15) is 38.6 Å². The smallest absolute Gasteiger partial charge is 0.0986 e. The molecule has 0 radical (unpaired) electrons. The van der Waals surface area contributed by atoms with Crippen molar-refractivity contribution >= 4 is 33.0 Å². The Morgan fingerprint density at radius 1 is 1.19 bits per heavy atom. The van der Waals surface area contributed by atoms with E-state index in [-0.39, 0.29) is 5.41 Å². The van der Waals surface area contributed by atoms with Crippen LogP contribution in [-0.2, 0) is 5.41 Å². The van der Waals surface area contributed by atoms with Gasteiger partial charge >= 0.3 is 0 Å². The Kier molecular flexibility index (Phi) is 4.10. The van der Waals surface area contributed by atoms with Gasteiger partial charge in [0.05, 0.1) is 16.4 Å². The molecule has 0 unspecified atom stereocenters. The Hall–Kier alpha value is -0.870. The monoisotopic (exact) mass is 364 g/mol. The van der Waals surface area contributed by atoms with Gasteiger partial charge in [0.1, 0.15) is 0 Å². The third kappa shape index (κ3) is 3.16. The summed E-state index contributed by atoms with van der Waals surface area (Å²) in [4.78, 5) is 7.26. The van der Waals surface area contributed by atoms with Crippen LogP contribution < -0.4 is 4.90 Å². The van der Waals surface area contributed by atoms with Crippen molar-refractivity contribution in [1.29, 1.82) is 0 Å². The van der Waals surface area contributed by atoms with Gasteiger partial charge in [-0.05, 0) is 40.9 Å². The molecule has 1 aromatic heterocycles. The topological polar surface area (TPSA) is 16.1 Å². The Bertz CT molecular complexity index is 636. The number of aromatic nitrogens is 1. The highest BCUT2D eigenvalue weighted by atomic mass is 79.9. The van der Waals surface area contributed by atoms with E-state index in [1.807, 2.05) is 0 Å². The highest BCUT2D eigenvalue weighted by Gasteiger charge is 2.19. The van der Waals surface area contributed by atoms with Gasteiger partial charge in [-0.15, -0.1) is 11.3 Å². The molecule has 4 heteroatoms. The van der Waals surface area contributed by atoms with Gasteiger partial charge in [-0.1, -0.05) is 26.8 Å². The molecule has 0 aliphatic carbocycles. The standard InChI is InChI=1S/C17H21BrN2S/c1-17(2,3)16-19-14(11-21-16)12-6-7-15(13(18)10-12)20-8-4-5-9-20/h6-7,10-11H,4-5,8-9H2,1-3H3. The van der Waals surface area contributed by atoms with Crippen molar-refractivity contribution in [2.24, 2.45) is 0 Å². The molecule has 0 amide bonds. The van der Waals surface area contributed by atoms with Crippen molar-refractivity contribution < 1.29 is 0 Å². The SMILES string of the molecule is CC(C)(C)c1nc(-c2ccc(N3CCCC3)c(Br)c2)cs1. The van der Waals surface area contributed by atoms with Crippen LogP contribution in [-0.4, -0.2) is 18.1 Å². The molecule has 1 aliphatic rings. The van der Waals surface area contributed by atoms with E-state index in [2.05, 4.69) is 65.2 Å². The zero-order chi connectivity index (χ0) is 15.0. The molecule has 1 aliphatic heterocycles. The van der Waals surface area contributed by atoms with Crippen molar-refractivity contribution in [3.8, 4) is 11.3 Å². The number of hydrogen-bond donors (Lipinski definition) is 0. The highest BCUT2D eigenvalue weighted by molar-refractivity contribution is 9.10. The molecule has 112 valence electrons. The van der Waals surface area contributed by atoms with E-state index in [0.29, 0.717) is 0 Å². The molecular weight excluding hydrogens is 344 g/mol. The average molecular weight is 365 g/mol. The molecule has 0 saturated carbocycles. The third-order valence-corrected chi connectivity index (χ3v) is 5.74. The van der Waals surface area contributed by atoms with Crippen LogP contribution in [0.5, 0.6) is 0 Å². The Balaban J connectivity index is 1.89. The first-order valence-corrected chi connectivity index (χ1v) is 9.13. The molecule has 0 atom stereocenters. The average Bonchev–Trinajstić information content (AvgIpc) is 3.09. The summed E-state index contributed by atoms with van der Waals surface area (Å²) in [6.45, 7) is 8.97. The number of benzene rings is 1. The van der Waals surface area contributed by atoms with Gasteiger partial charge in [0.15, 0.2) is 0 Å². The first-order chi connectivity index (χ1) is 9.95. The van der Waals surface area contributed by atoms with Gasteiger partial charge in [-0.25, -0.2) is 4.98 Å². The molecule has 1 saturated heterocycles. The molecule has 1 aromatic carbocycles. The van der Waals surface area contributed by atoms with Crippen LogP contribution in [0.3, 0.4) is 0 Å². The van der Waals surface area contributed by atoms with Crippen molar-refractivity contribution in [2.75, 3.05) is 18.0 Å². The summed E-state index contributed by atoms with van der Waals surface area (Å²) >= 11 is 5.48. The molecule has 0 bridgehead atoms. The van der Waals surface area contributed by atoms with E-state index in [4.69, 9.17) is 4.98 Å². The summed E-state index contributed by atoms with van der Waals surface area (Å²) in [5, 5.41) is 3.36. The fourth-order valence-electron chi connectivity index (χ4n) is 2.63. The summed E-state index contributed by atoms with van der Waals surface area (Å²) in [6, 6.07) is 6.62. The van der Waals surface area contributed by atoms with E-state index in [0.717, 1.165) is 5.69 Å². The van der Waals surface area contributed by atoms with Crippen LogP contribution in [0.15, 0.2) is 28.1 Å². The zero-order valence-corrected chi connectivity index (χ0v) is 15.2.